The molecule has 0 aliphatic carbocycles. The molecule has 2 N–H and O–H groups in total. The van der Waals surface area contributed by atoms with Crippen molar-refractivity contribution in [3.8, 4) is 0 Å². The van der Waals surface area contributed by atoms with E-state index in [9.17, 15) is 0 Å². The molecule has 2 aromatic rings. The minimum Gasteiger partial charge on any atom is -0.361 e. The molecule has 0 spiro atoms. The molecule has 1 aromatic heterocycles. The zero-order chi connectivity index (χ0) is 10.5. The van der Waals surface area contributed by atoms with Gasteiger partial charge in [-0.15, -0.1) is 0 Å². The number of rotatable bonds is 5. The second-order valence-electron chi connectivity index (χ2n) is 3.89. The Morgan fingerprint density at radius 1 is 1.27 bits per heavy atom. The minimum atomic E-state index is 0.956. The monoisotopic (exact) mass is 202 g/mol. The van der Waals surface area contributed by atoms with Crippen molar-refractivity contribution >= 4 is 10.9 Å². The number of aromatic amines is 1. The Labute approximate surface area is 90.7 Å². The third-order valence-electron chi connectivity index (χ3n) is 2.70. The largest absolute Gasteiger partial charge is 0.361 e. The van der Waals surface area contributed by atoms with Crippen molar-refractivity contribution in [2.45, 2.75) is 26.3 Å². The van der Waals surface area contributed by atoms with E-state index in [1.165, 1.54) is 29.3 Å². The summed E-state index contributed by atoms with van der Waals surface area (Å²) < 4.78 is 0. The first kappa shape index (κ1) is 10.2. The maximum atomic E-state index is 3.46. The van der Waals surface area contributed by atoms with Gasteiger partial charge in [-0.1, -0.05) is 31.5 Å². The molecule has 0 radical (unpaired) electrons. The van der Waals surface area contributed by atoms with Gasteiger partial charge in [0.1, 0.15) is 0 Å². The summed E-state index contributed by atoms with van der Waals surface area (Å²) in [5.74, 6) is 0. The van der Waals surface area contributed by atoms with Crippen molar-refractivity contribution < 1.29 is 0 Å². The van der Waals surface area contributed by atoms with Crippen LogP contribution < -0.4 is 5.32 Å². The average molecular weight is 202 g/mol. The molecule has 0 unspecified atom stereocenters. The SMILES string of the molecule is CCCCNCc1cccc2cc[nH]c12. The van der Waals surface area contributed by atoms with Crippen LogP contribution in [0, 0.1) is 0 Å². The molecule has 0 fully saturated rings. The number of nitrogens with one attached hydrogen (secondary N) is 2. The lowest BCUT2D eigenvalue weighted by Crippen LogP contribution is -2.14. The fourth-order valence-electron chi connectivity index (χ4n) is 1.82. The van der Waals surface area contributed by atoms with Gasteiger partial charge in [0, 0.05) is 18.3 Å². The van der Waals surface area contributed by atoms with E-state index in [1.807, 2.05) is 6.20 Å². The minimum absolute atomic E-state index is 0.956. The lowest BCUT2D eigenvalue weighted by Gasteiger charge is -2.05. The predicted octanol–water partition coefficient (Wildman–Crippen LogP) is 3.06. The molecule has 0 saturated heterocycles. The molecule has 1 aromatic carbocycles. The van der Waals surface area contributed by atoms with E-state index in [0.29, 0.717) is 0 Å². The molecule has 15 heavy (non-hydrogen) atoms. The van der Waals surface area contributed by atoms with E-state index >= 15 is 0 Å². The molecule has 0 saturated carbocycles. The van der Waals surface area contributed by atoms with Crippen molar-refractivity contribution in [3.05, 3.63) is 36.0 Å². The van der Waals surface area contributed by atoms with Gasteiger partial charge in [0.05, 0.1) is 0 Å². The quantitative estimate of drug-likeness (QED) is 0.716. The average Bonchev–Trinajstić information content (AvgIpc) is 2.73. The van der Waals surface area contributed by atoms with Crippen molar-refractivity contribution in [1.82, 2.24) is 10.3 Å². The summed E-state index contributed by atoms with van der Waals surface area (Å²) in [4.78, 5) is 3.29. The Kier molecular flexibility index (Phi) is 3.41. The van der Waals surface area contributed by atoms with Crippen LogP contribution in [0.1, 0.15) is 25.3 Å². The van der Waals surface area contributed by atoms with Gasteiger partial charge in [-0.05, 0) is 30.0 Å². The molecular weight excluding hydrogens is 184 g/mol. The topological polar surface area (TPSA) is 27.8 Å². The van der Waals surface area contributed by atoms with Crippen LogP contribution in [-0.2, 0) is 6.54 Å². The zero-order valence-electron chi connectivity index (χ0n) is 9.22. The van der Waals surface area contributed by atoms with Crippen molar-refractivity contribution in [3.63, 3.8) is 0 Å². The molecule has 0 bridgehead atoms. The highest BCUT2D eigenvalue weighted by Crippen LogP contribution is 2.16. The van der Waals surface area contributed by atoms with Gasteiger partial charge in [0.15, 0.2) is 0 Å². The summed E-state index contributed by atoms with van der Waals surface area (Å²) in [7, 11) is 0. The Morgan fingerprint density at radius 2 is 2.20 bits per heavy atom. The maximum Gasteiger partial charge on any atom is 0.0499 e. The van der Waals surface area contributed by atoms with Gasteiger partial charge in [-0.3, -0.25) is 0 Å². The van der Waals surface area contributed by atoms with E-state index in [2.05, 4.69) is 41.5 Å². The third-order valence-corrected chi connectivity index (χ3v) is 2.70. The van der Waals surface area contributed by atoms with Gasteiger partial charge in [0.25, 0.3) is 0 Å². The highest BCUT2D eigenvalue weighted by atomic mass is 14.8. The fourth-order valence-corrected chi connectivity index (χ4v) is 1.82. The van der Waals surface area contributed by atoms with Crippen LogP contribution in [0.5, 0.6) is 0 Å². The number of H-pyrrole nitrogens is 1. The molecule has 0 aliphatic rings. The summed E-state index contributed by atoms with van der Waals surface area (Å²) in [5.41, 5.74) is 2.62. The number of unbranched alkanes of at least 4 members (excludes halogenated alkanes) is 1. The van der Waals surface area contributed by atoms with E-state index in [-0.39, 0.29) is 0 Å². The summed E-state index contributed by atoms with van der Waals surface area (Å²) in [6, 6.07) is 8.55. The van der Waals surface area contributed by atoms with Crippen LogP contribution in [0.3, 0.4) is 0 Å². The second-order valence-corrected chi connectivity index (χ2v) is 3.89. The zero-order valence-corrected chi connectivity index (χ0v) is 9.22. The standard InChI is InChI=1S/C13H18N2/c1-2-3-8-14-10-12-6-4-5-11-7-9-15-13(11)12/h4-7,9,14-15H,2-3,8,10H2,1H3. The first-order valence-corrected chi connectivity index (χ1v) is 5.67. The van der Waals surface area contributed by atoms with Gasteiger partial charge in [0.2, 0.25) is 0 Å². The lowest BCUT2D eigenvalue weighted by atomic mass is 10.1. The van der Waals surface area contributed by atoms with Crippen molar-refractivity contribution in [1.29, 1.82) is 0 Å². The Hall–Kier alpha value is -1.28. The fraction of sp³-hybridized carbons (Fsp3) is 0.385. The molecule has 2 nitrogen and oxygen atoms in total. The Balaban J connectivity index is 2.04. The highest BCUT2D eigenvalue weighted by molar-refractivity contribution is 5.82. The van der Waals surface area contributed by atoms with Crippen LogP contribution in [0.4, 0.5) is 0 Å². The molecule has 0 atom stereocenters. The summed E-state index contributed by atoms with van der Waals surface area (Å²) in [6.07, 6.45) is 4.50. The summed E-state index contributed by atoms with van der Waals surface area (Å²) in [6.45, 7) is 4.28. The number of hydrogen-bond donors (Lipinski definition) is 2. The highest BCUT2D eigenvalue weighted by Gasteiger charge is 2.00. The summed E-state index contributed by atoms with van der Waals surface area (Å²) >= 11 is 0. The molecular formula is C13H18N2. The smallest absolute Gasteiger partial charge is 0.0499 e. The van der Waals surface area contributed by atoms with Crippen LogP contribution >= 0.6 is 0 Å². The van der Waals surface area contributed by atoms with Gasteiger partial charge < -0.3 is 10.3 Å². The van der Waals surface area contributed by atoms with Gasteiger partial charge in [-0.2, -0.15) is 0 Å². The summed E-state index contributed by atoms with van der Waals surface area (Å²) in [5, 5.41) is 4.76. The first-order chi connectivity index (χ1) is 7.42. The molecule has 1 heterocycles. The predicted molar refractivity (Wildman–Crippen MR) is 64.9 cm³/mol. The number of para-hydroxylation sites is 1. The maximum absolute atomic E-state index is 3.46. The van der Waals surface area contributed by atoms with Crippen LogP contribution in [-0.4, -0.2) is 11.5 Å². The molecule has 80 valence electrons. The van der Waals surface area contributed by atoms with E-state index in [4.69, 9.17) is 0 Å². The van der Waals surface area contributed by atoms with E-state index < -0.39 is 0 Å². The molecule has 0 amide bonds. The Morgan fingerprint density at radius 3 is 3.07 bits per heavy atom. The third kappa shape index (κ3) is 2.39. The van der Waals surface area contributed by atoms with Gasteiger partial charge in [-0.25, -0.2) is 0 Å². The number of fused-ring (bicyclic) bond motifs is 1. The number of benzene rings is 1. The molecule has 0 aliphatic heterocycles. The number of hydrogen-bond acceptors (Lipinski definition) is 1. The van der Waals surface area contributed by atoms with E-state index in [0.717, 1.165) is 13.1 Å². The number of aromatic nitrogens is 1. The van der Waals surface area contributed by atoms with Crippen LogP contribution in [0.25, 0.3) is 10.9 Å². The first-order valence-electron chi connectivity index (χ1n) is 5.67. The lowest BCUT2D eigenvalue weighted by molar-refractivity contribution is 0.643. The van der Waals surface area contributed by atoms with E-state index in [1.54, 1.807) is 0 Å². The van der Waals surface area contributed by atoms with Crippen molar-refractivity contribution in [2.75, 3.05) is 6.54 Å². The normalized spacial score (nSPS) is 11.0. The molecule has 2 heteroatoms. The Bertz CT molecular complexity index is 417. The second kappa shape index (κ2) is 4.99. The van der Waals surface area contributed by atoms with Gasteiger partial charge >= 0.3 is 0 Å². The van der Waals surface area contributed by atoms with Crippen LogP contribution in [0.2, 0.25) is 0 Å². The van der Waals surface area contributed by atoms with Crippen molar-refractivity contribution in [2.24, 2.45) is 0 Å². The molecule has 2 rings (SSSR count). The van der Waals surface area contributed by atoms with Crippen LogP contribution in [0.15, 0.2) is 30.5 Å².